The zero-order valence-electron chi connectivity index (χ0n) is 14.8. The Morgan fingerprint density at radius 2 is 1.92 bits per heavy atom. The summed E-state index contributed by atoms with van der Waals surface area (Å²) >= 11 is 6.39. The average Bonchev–Trinajstić information content (AvgIpc) is 2.93. The minimum Gasteiger partial charge on any atom is -0.492 e. The number of aliphatic hydroxyl groups excluding tert-OH is 1. The lowest BCUT2D eigenvalue weighted by molar-refractivity contribution is 0.0261. The summed E-state index contributed by atoms with van der Waals surface area (Å²) < 4.78 is 11.7. The molecule has 0 saturated carbocycles. The van der Waals surface area contributed by atoms with Gasteiger partial charge in [-0.1, -0.05) is 35.9 Å². The van der Waals surface area contributed by atoms with E-state index in [0.29, 0.717) is 23.9 Å². The molecule has 2 unspecified atom stereocenters. The van der Waals surface area contributed by atoms with E-state index in [9.17, 15) is 5.11 Å². The maximum Gasteiger partial charge on any atom is 0.176 e. The Hall–Kier alpha value is -2.21. The van der Waals surface area contributed by atoms with E-state index in [0.717, 1.165) is 22.3 Å². The second-order valence-corrected chi connectivity index (χ2v) is 6.52. The topological polar surface area (TPSA) is 66.5 Å². The number of ether oxygens (including phenoxy) is 2. The second kappa shape index (κ2) is 8.45. The zero-order valence-corrected chi connectivity index (χ0v) is 15.6. The molecule has 2 atom stereocenters. The van der Waals surface area contributed by atoms with Crippen LogP contribution in [-0.2, 0) is 0 Å². The smallest absolute Gasteiger partial charge is 0.176 e. The summed E-state index contributed by atoms with van der Waals surface area (Å²) in [4.78, 5) is 3.23. The van der Waals surface area contributed by atoms with Gasteiger partial charge in [0, 0.05) is 12.2 Å². The van der Waals surface area contributed by atoms with Gasteiger partial charge >= 0.3 is 0 Å². The molecule has 0 aliphatic heterocycles. The highest BCUT2D eigenvalue weighted by atomic mass is 35.5. The van der Waals surface area contributed by atoms with Gasteiger partial charge in [0.05, 0.1) is 15.9 Å². The van der Waals surface area contributed by atoms with Gasteiger partial charge in [-0.2, -0.15) is 0 Å². The number of rotatable bonds is 8. The highest BCUT2D eigenvalue weighted by molar-refractivity contribution is 6.37. The van der Waals surface area contributed by atoms with E-state index in [1.54, 1.807) is 6.92 Å². The van der Waals surface area contributed by atoms with Crippen LogP contribution < -0.4 is 14.8 Å². The van der Waals surface area contributed by atoms with Crippen molar-refractivity contribution < 1.29 is 14.6 Å². The van der Waals surface area contributed by atoms with Crippen molar-refractivity contribution in [1.82, 2.24) is 10.3 Å². The van der Waals surface area contributed by atoms with Crippen LogP contribution in [0.5, 0.6) is 11.5 Å². The van der Waals surface area contributed by atoms with Crippen LogP contribution in [0.2, 0.25) is 5.02 Å². The normalized spacial score (nSPS) is 13.5. The van der Waals surface area contributed by atoms with Gasteiger partial charge in [-0.3, -0.25) is 5.32 Å². The summed E-state index contributed by atoms with van der Waals surface area (Å²) in [6.45, 7) is 4.59. The quantitative estimate of drug-likeness (QED) is 0.413. The van der Waals surface area contributed by atoms with E-state index in [-0.39, 0.29) is 0 Å². The van der Waals surface area contributed by atoms with Gasteiger partial charge in [0.15, 0.2) is 6.23 Å². The van der Waals surface area contributed by atoms with Gasteiger partial charge < -0.3 is 19.6 Å². The van der Waals surface area contributed by atoms with Crippen molar-refractivity contribution in [3.8, 4) is 11.5 Å². The molecule has 3 N–H and O–H groups in total. The summed E-state index contributed by atoms with van der Waals surface area (Å²) in [5, 5.41) is 14.7. The fourth-order valence-corrected chi connectivity index (χ4v) is 2.98. The van der Waals surface area contributed by atoms with Crippen molar-refractivity contribution in [3.63, 3.8) is 0 Å². The van der Waals surface area contributed by atoms with Crippen LogP contribution in [-0.4, -0.2) is 35.6 Å². The zero-order chi connectivity index (χ0) is 18.5. The molecule has 3 rings (SSSR count). The maximum absolute atomic E-state index is 10.1. The van der Waals surface area contributed by atoms with E-state index in [1.165, 1.54) is 0 Å². The molecule has 0 amide bonds. The first-order chi connectivity index (χ1) is 12.6. The Morgan fingerprint density at radius 3 is 2.65 bits per heavy atom. The Bertz CT molecular complexity index is 849. The molecular formula is C20H23ClN2O3. The summed E-state index contributed by atoms with van der Waals surface area (Å²) in [6, 6.07) is 15.3. The number of H-pyrrole nitrogens is 1. The predicted octanol–water partition coefficient (Wildman–Crippen LogP) is 3.88. The number of hydrogen-bond acceptors (Lipinski definition) is 4. The van der Waals surface area contributed by atoms with Gasteiger partial charge in [0.1, 0.15) is 24.2 Å². The van der Waals surface area contributed by atoms with E-state index in [4.69, 9.17) is 21.1 Å². The fourth-order valence-electron chi connectivity index (χ4n) is 2.74. The van der Waals surface area contributed by atoms with Crippen LogP contribution in [0.1, 0.15) is 12.6 Å². The van der Waals surface area contributed by atoms with Crippen molar-refractivity contribution in [2.24, 2.45) is 0 Å². The molecule has 5 nitrogen and oxygen atoms in total. The standard InChI is InChI=1S/C20H23ClN2O3/c1-13-19(21)18-16(23-13)9-6-10-17(18)26-20(14(2)24)22-11-12-25-15-7-4-3-5-8-15/h3-10,14,20,22-24H,11-12H2,1-2H3. The largest absolute Gasteiger partial charge is 0.492 e. The first kappa shape index (κ1) is 18.6. The molecule has 0 saturated heterocycles. The molecule has 3 aromatic rings. The first-order valence-electron chi connectivity index (χ1n) is 8.59. The number of halogens is 1. The van der Waals surface area contributed by atoms with E-state index in [1.807, 2.05) is 55.5 Å². The Kier molecular flexibility index (Phi) is 6.04. The monoisotopic (exact) mass is 374 g/mol. The number of nitrogens with one attached hydrogen (secondary N) is 2. The highest BCUT2D eigenvalue weighted by Crippen LogP contribution is 2.34. The minimum atomic E-state index is -0.708. The third-order valence-corrected chi connectivity index (χ3v) is 4.52. The minimum absolute atomic E-state index is 0.463. The molecule has 0 radical (unpaired) electrons. The predicted molar refractivity (Wildman–Crippen MR) is 104 cm³/mol. The third-order valence-electron chi connectivity index (χ3n) is 4.05. The van der Waals surface area contributed by atoms with Gasteiger partial charge in [0.2, 0.25) is 0 Å². The number of benzene rings is 2. The second-order valence-electron chi connectivity index (χ2n) is 6.14. The summed E-state index contributed by atoms with van der Waals surface area (Å²) in [5.41, 5.74) is 1.79. The fraction of sp³-hybridized carbons (Fsp3) is 0.300. The lowest BCUT2D eigenvalue weighted by Gasteiger charge is -2.23. The molecule has 1 aromatic heterocycles. The average molecular weight is 375 g/mol. The van der Waals surface area contributed by atoms with Crippen LogP contribution in [0.3, 0.4) is 0 Å². The Morgan fingerprint density at radius 1 is 1.15 bits per heavy atom. The molecule has 0 aliphatic carbocycles. The van der Waals surface area contributed by atoms with E-state index >= 15 is 0 Å². The molecule has 1 heterocycles. The molecule has 0 fully saturated rings. The number of aromatic amines is 1. The molecule has 0 spiro atoms. The SMILES string of the molecule is Cc1[nH]c2cccc(OC(NCCOc3ccccc3)C(C)O)c2c1Cl. The Labute approximate surface area is 157 Å². The van der Waals surface area contributed by atoms with Gasteiger partial charge in [-0.05, 0) is 38.1 Å². The summed E-state index contributed by atoms with van der Waals surface area (Å²) in [6.07, 6.45) is -1.29. The van der Waals surface area contributed by atoms with E-state index < -0.39 is 12.3 Å². The van der Waals surface area contributed by atoms with Crippen molar-refractivity contribution in [3.05, 3.63) is 59.2 Å². The lowest BCUT2D eigenvalue weighted by atomic mass is 10.2. The van der Waals surface area contributed by atoms with Crippen molar-refractivity contribution >= 4 is 22.5 Å². The van der Waals surface area contributed by atoms with Gasteiger partial charge in [-0.25, -0.2) is 0 Å². The number of para-hydroxylation sites is 1. The number of aliphatic hydroxyl groups is 1. The Balaban J connectivity index is 1.64. The number of aryl methyl sites for hydroxylation is 1. The van der Waals surface area contributed by atoms with E-state index in [2.05, 4.69) is 10.3 Å². The number of hydrogen-bond donors (Lipinski definition) is 3. The molecule has 2 aromatic carbocycles. The molecule has 6 heteroatoms. The first-order valence-corrected chi connectivity index (χ1v) is 8.97. The van der Waals surface area contributed by atoms with Crippen LogP contribution in [0.4, 0.5) is 0 Å². The number of fused-ring (bicyclic) bond motifs is 1. The van der Waals surface area contributed by atoms with Crippen LogP contribution in [0, 0.1) is 6.92 Å². The van der Waals surface area contributed by atoms with Gasteiger partial charge in [-0.15, -0.1) is 0 Å². The summed E-state index contributed by atoms with van der Waals surface area (Å²) in [7, 11) is 0. The third kappa shape index (κ3) is 4.30. The lowest BCUT2D eigenvalue weighted by Crippen LogP contribution is -2.44. The van der Waals surface area contributed by atoms with Crippen LogP contribution in [0.15, 0.2) is 48.5 Å². The van der Waals surface area contributed by atoms with Gasteiger partial charge in [0.25, 0.3) is 0 Å². The number of aromatic nitrogens is 1. The maximum atomic E-state index is 10.1. The van der Waals surface area contributed by atoms with Crippen molar-refractivity contribution in [1.29, 1.82) is 0 Å². The molecule has 26 heavy (non-hydrogen) atoms. The van der Waals surface area contributed by atoms with Crippen LogP contribution >= 0.6 is 11.6 Å². The highest BCUT2D eigenvalue weighted by Gasteiger charge is 2.19. The van der Waals surface area contributed by atoms with Crippen LogP contribution in [0.25, 0.3) is 10.9 Å². The molecular weight excluding hydrogens is 352 g/mol. The molecule has 0 bridgehead atoms. The molecule has 0 aliphatic rings. The van der Waals surface area contributed by atoms with Crippen molar-refractivity contribution in [2.45, 2.75) is 26.2 Å². The molecule has 138 valence electrons. The summed E-state index contributed by atoms with van der Waals surface area (Å²) in [5.74, 6) is 1.43. The van der Waals surface area contributed by atoms with Crippen molar-refractivity contribution in [2.75, 3.05) is 13.2 Å².